The molecule has 8 heteroatoms. The van der Waals surface area contributed by atoms with Crippen molar-refractivity contribution in [3.8, 4) is 0 Å². The van der Waals surface area contributed by atoms with Crippen LogP contribution in [-0.2, 0) is 14.3 Å². The van der Waals surface area contributed by atoms with Gasteiger partial charge in [0, 0.05) is 13.0 Å². The summed E-state index contributed by atoms with van der Waals surface area (Å²) in [6.45, 7) is 5.34. The van der Waals surface area contributed by atoms with E-state index in [1.165, 1.54) is 4.90 Å². The molecule has 130 valence electrons. The van der Waals surface area contributed by atoms with Crippen molar-refractivity contribution in [3.05, 3.63) is 29.3 Å². The van der Waals surface area contributed by atoms with Gasteiger partial charge in [0.2, 0.25) is 11.8 Å². The molecule has 1 atom stereocenters. The molecule has 1 aliphatic heterocycles. The van der Waals surface area contributed by atoms with Crippen LogP contribution in [-0.4, -0.2) is 30.1 Å². The van der Waals surface area contributed by atoms with Crippen LogP contribution in [0.3, 0.4) is 0 Å². The number of hydrazine groups is 1. The van der Waals surface area contributed by atoms with Crippen LogP contribution in [0.4, 0.5) is 10.5 Å². The second-order valence-electron chi connectivity index (χ2n) is 6.47. The van der Waals surface area contributed by atoms with Crippen molar-refractivity contribution in [3.63, 3.8) is 0 Å². The van der Waals surface area contributed by atoms with E-state index in [9.17, 15) is 14.4 Å². The first-order valence-electron chi connectivity index (χ1n) is 7.51. The van der Waals surface area contributed by atoms with Gasteiger partial charge in [-0.2, -0.15) is 0 Å². The number of ether oxygens (including phenoxy) is 1. The quantitative estimate of drug-likeness (QED) is 0.798. The van der Waals surface area contributed by atoms with Crippen molar-refractivity contribution in [1.82, 2.24) is 10.9 Å². The third-order valence-electron chi connectivity index (χ3n) is 3.33. The lowest BCUT2D eigenvalue weighted by Gasteiger charge is -2.20. The monoisotopic (exact) mass is 353 g/mol. The molecule has 1 aliphatic rings. The first kappa shape index (κ1) is 18.1. The fourth-order valence-electron chi connectivity index (χ4n) is 2.30. The fourth-order valence-corrected chi connectivity index (χ4v) is 2.54. The number of anilines is 1. The molecular weight excluding hydrogens is 334 g/mol. The van der Waals surface area contributed by atoms with Crippen LogP contribution in [0.1, 0.15) is 27.2 Å². The highest BCUT2D eigenvalue weighted by molar-refractivity contribution is 6.33. The van der Waals surface area contributed by atoms with Gasteiger partial charge in [-0.05, 0) is 32.9 Å². The van der Waals surface area contributed by atoms with E-state index in [-0.39, 0.29) is 18.9 Å². The van der Waals surface area contributed by atoms with E-state index in [2.05, 4.69) is 10.9 Å². The molecule has 1 saturated heterocycles. The molecule has 0 radical (unpaired) electrons. The molecule has 3 amide bonds. The number of amides is 3. The number of hydrogen-bond donors (Lipinski definition) is 2. The van der Waals surface area contributed by atoms with Crippen molar-refractivity contribution in [2.75, 3.05) is 11.4 Å². The number of halogens is 1. The largest absolute Gasteiger partial charge is 0.443 e. The van der Waals surface area contributed by atoms with Gasteiger partial charge in [0.25, 0.3) is 0 Å². The minimum absolute atomic E-state index is 0.0487. The molecule has 0 aromatic heterocycles. The third kappa shape index (κ3) is 4.61. The van der Waals surface area contributed by atoms with E-state index in [4.69, 9.17) is 16.3 Å². The van der Waals surface area contributed by atoms with Gasteiger partial charge in [0.05, 0.1) is 16.6 Å². The van der Waals surface area contributed by atoms with Crippen molar-refractivity contribution in [2.24, 2.45) is 5.92 Å². The molecule has 1 heterocycles. The summed E-state index contributed by atoms with van der Waals surface area (Å²) in [4.78, 5) is 37.3. The summed E-state index contributed by atoms with van der Waals surface area (Å²) in [6.07, 6.45) is -0.712. The van der Waals surface area contributed by atoms with Gasteiger partial charge in [-0.1, -0.05) is 23.7 Å². The molecule has 24 heavy (non-hydrogen) atoms. The highest BCUT2D eigenvalue weighted by atomic mass is 35.5. The second kappa shape index (κ2) is 7.09. The molecule has 0 spiro atoms. The van der Waals surface area contributed by atoms with Crippen LogP contribution in [0.2, 0.25) is 5.02 Å². The SMILES string of the molecule is CC(C)(C)OC(=O)NNC(=O)[C@@H]1CC(=O)N(c2ccccc2Cl)C1. The lowest BCUT2D eigenvalue weighted by Crippen LogP contribution is -2.47. The Balaban J connectivity index is 1.92. The van der Waals surface area contributed by atoms with E-state index >= 15 is 0 Å². The number of carbonyl (C=O) groups excluding carboxylic acids is 3. The molecule has 7 nitrogen and oxygen atoms in total. The lowest BCUT2D eigenvalue weighted by molar-refractivity contribution is -0.127. The molecule has 0 bridgehead atoms. The van der Waals surface area contributed by atoms with Gasteiger partial charge in [-0.15, -0.1) is 0 Å². The maximum Gasteiger partial charge on any atom is 0.426 e. The predicted molar refractivity (Wildman–Crippen MR) is 89.4 cm³/mol. The third-order valence-corrected chi connectivity index (χ3v) is 3.65. The highest BCUT2D eigenvalue weighted by Crippen LogP contribution is 2.30. The first-order chi connectivity index (χ1) is 11.2. The number of nitrogens with one attached hydrogen (secondary N) is 2. The van der Waals surface area contributed by atoms with E-state index in [0.717, 1.165) is 0 Å². The standard InChI is InChI=1S/C16H20ClN3O4/c1-16(2,3)24-15(23)19-18-14(22)10-8-13(21)20(9-10)12-7-5-4-6-11(12)17/h4-7,10H,8-9H2,1-3H3,(H,18,22)(H,19,23)/t10-/m1/s1. The topological polar surface area (TPSA) is 87.7 Å². The van der Waals surface area contributed by atoms with Gasteiger partial charge in [0.15, 0.2) is 0 Å². The minimum atomic E-state index is -0.761. The Morgan fingerprint density at radius 2 is 1.92 bits per heavy atom. The Morgan fingerprint density at radius 3 is 2.54 bits per heavy atom. The summed E-state index contributed by atoms with van der Waals surface area (Å²) < 4.78 is 5.02. The summed E-state index contributed by atoms with van der Waals surface area (Å²) in [5.41, 5.74) is 4.36. The van der Waals surface area contributed by atoms with Crippen LogP contribution in [0.25, 0.3) is 0 Å². The van der Waals surface area contributed by atoms with Crippen molar-refractivity contribution in [1.29, 1.82) is 0 Å². The maximum absolute atomic E-state index is 12.1. The van der Waals surface area contributed by atoms with E-state index in [1.807, 2.05) is 0 Å². The van der Waals surface area contributed by atoms with Gasteiger partial charge in [0.1, 0.15) is 5.60 Å². The average molecular weight is 354 g/mol. The minimum Gasteiger partial charge on any atom is -0.443 e. The molecule has 0 aliphatic carbocycles. The smallest absolute Gasteiger partial charge is 0.426 e. The average Bonchev–Trinajstić information content (AvgIpc) is 2.85. The van der Waals surface area contributed by atoms with Crippen LogP contribution >= 0.6 is 11.6 Å². The summed E-state index contributed by atoms with van der Waals surface area (Å²) in [5, 5.41) is 0.443. The van der Waals surface area contributed by atoms with E-state index in [1.54, 1.807) is 45.0 Å². The molecule has 2 N–H and O–H groups in total. The van der Waals surface area contributed by atoms with Crippen molar-refractivity contribution in [2.45, 2.75) is 32.8 Å². The molecule has 2 rings (SSSR count). The summed E-state index contributed by atoms with van der Waals surface area (Å²) >= 11 is 6.09. The number of carbonyl (C=O) groups is 3. The second-order valence-corrected chi connectivity index (χ2v) is 6.88. The Hall–Kier alpha value is -2.28. The van der Waals surface area contributed by atoms with E-state index < -0.39 is 23.5 Å². The number of para-hydroxylation sites is 1. The summed E-state index contributed by atoms with van der Waals surface area (Å²) in [6, 6.07) is 6.94. The lowest BCUT2D eigenvalue weighted by atomic mass is 10.1. The number of rotatable bonds is 2. The van der Waals surface area contributed by atoms with Crippen LogP contribution in [0.5, 0.6) is 0 Å². The molecule has 1 aromatic rings. The molecule has 1 aromatic carbocycles. The van der Waals surface area contributed by atoms with Crippen molar-refractivity contribution < 1.29 is 19.1 Å². The number of hydrogen-bond acceptors (Lipinski definition) is 4. The normalized spacial score (nSPS) is 17.6. The Kier molecular flexibility index (Phi) is 5.33. The van der Waals surface area contributed by atoms with Crippen LogP contribution < -0.4 is 15.8 Å². The molecule has 1 fully saturated rings. The number of nitrogens with zero attached hydrogens (tertiary/aromatic N) is 1. The van der Waals surface area contributed by atoms with Crippen LogP contribution in [0, 0.1) is 5.92 Å². The van der Waals surface area contributed by atoms with Gasteiger partial charge < -0.3 is 9.64 Å². The van der Waals surface area contributed by atoms with Gasteiger partial charge >= 0.3 is 6.09 Å². The fraction of sp³-hybridized carbons (Fsp3) is 0.438. The van der Waals surface area contributed by atoms with Crippen LogP contribution in [0.15, 0.2) is 24.3 Å². The number of benzene rings is 1. The zero-order chi connectivity index (χ0) is 17.9. The highest BCUT2D eigenvalue weighted by Gasteiger charge is 2.36. The molecule has 0 saturated carbocycles. The first-order valence-corrected chi connectivity index (χ1v) is 7.89. The Morgan fingerprint density at radius 1 is 1.25 bits per heavy atom. The molecule has 0 unspecified atom stereocenters. The Labute approximate surface area is 145 Å². The zero-order valence-electron chi connectivity index (χ0n) is 13.8. The van der Waals surface area contributed by atoms with E-state index in [0.29, 0.717) is 10.7 Å². The summed E-state index contributed by atoms with van der Waals surface area (Å²) in [7, 11) is 0. The van der Waals surface area contributed by atoms with Crippen molar-refractivity contribution >= 4 is 35.2 Å². The van der Waals surface area contributed by atoms with Gasteiger partial charge in [-0.25, -0.2) is 10.2 Å². The van der Waals surface area contributed by atoms with Gasteiger partial charge in [-0.3, -0.25) is 15.0 Å². The summed E-state index contributed by atoms with van der Waals surface area (Å²) in [5.74, 6) is -1.23. The maximum atomic E-state index is 12.1. The molecular formula is C16H20ClN3O4. The predicted octanol–water partition coefficient (Wildman–Crippen LogP) is 2.25. The Bertz CT molecular complexity index is 657. The zero-order valence-corrected chi connectivity index (χ0v) is 14.5.